The van der Waals surface area contributed by atoms with Crippen LogP contribution in [0.4, 0.5) is 0 Å². The first kappa shape index (κ1) is 13.9. The molecular weight excluding hydrogens is 282 g/mol. The van der Waals surface area contributed by atoms with E-state index in [1.54, 1.807) is 25.1 Å². The van der Waals surface area contributed by atoms with Crippen LogP contribution >= 0.6 is 11.8 Å². The number of ether oxygens (including phenoxy) is 1. The summed E-state index contributed by atoms with van der Waals surface area (Å²) in [5.74, 6) is 1.64. The van der Waals surface area contributed by atoms with Crippen molar-refractivity contribution in [2.75, 3.05) is 12.9 Å². The molecule has 4 nitrogen and oxygen atoms in total. The predicted molar refractivity (Wildman–Crippen MR) is 86.7 cm³/mol. The van der Waals surface area contributed by atoms with Crippen molar-refractivity contribution >= 4 is 16.9 Å². The van der Waals surface area contributed by atoms with Gasteiger partial charge in [-0.15, -0.1) is 0 Å². The number of rotatable bonds is 4. The largest absolute Gasteiger partial charge is 0.481 e. The highest BCUT2D eigenvalue weighted by atomic mass is 32.2. The molecule has 0 spiro atoms. The number of hydrogen-bond donors (Lipinski definition) is 1. The van der Waals surface area contributed by atoms with Gasteiger partial charge in [0.2, 0.25) is 5.88 Å². The second-order valence-electron chi connectivity index (χ2n) is 4.75. The molecule has 1 atom stereocenters. The lowest BCUT2D eigenvalue weighted by atomic mass is 10.1. The van der Waals surface area contributed by atoms with Crippen molar-refractivity contribution in [1.29, 1.82) is 0 Å². The van der Waals surface area contributed by atoms with E-state index in [-0.39, 0.29) is 0 Å². The molecule has 1 saturated heterocycles. The lowest BCUT2D eigenvalue weighted by Crippen LogP contribution is -2.19. The number of pyridine rings is 1. The third kappa shape index (κ3) is 3.55. The maximum absolute atomic E-state index is 5.12. The summed E-state index contributed by atoms with van der Waals surface area (Å²) in [5, 5.41) is 4.47. The average Bonchev–Trinajstić information content (AvgIpc) is 3.03. The summed E-state index contributed by atoms with van der Waals surface area (Å²) in [5.41, 5.74) is 2.40. The highest BCUT2D eigenvalue weighted by Gasteiger charge is 2.21. The van der Waals surface area contributed by atoms with Crippen molar-refractivity contribution in [3.63, 3.8) is 0 Å². The summed E-state index contributed by atoms with van der Waals surface area (Å²) in [7, 11) is 1.62. The van der Waals surface area contributed by atoms with Gasteiger partial charge in [-0.1, -0.05) is 42.1 Å². The minimum atomic E-state index is 0.349. The predicted octanol–water partition coefficient (Wildman–Crippen LogP) is 3.02. The Balaban J connectivity index is 1.63. The van der Waals surface area contributed by atoms with E-state index < -0.39 is 0 Å². The minimum absolute atomic E-state index is 0.349. The molecule has 5 heteroatoms. The molecule has 2 aromatic rings. The van der Waals surface area contributed by atoms with Crippen LogP contribution in [0.1, 0.15) is 17.2 Å². The number of amidine groups is 1. The second kappa shape index (κ2) is 6.63. The fourth-order valence-electron chi connectivity index (χ4n) is 2.17. The Bertz CT molecular complexity index is 630. The van der Waals surface area contributed by atoms with Gasteiger partial charge < -0.3 is 10.1 Å². The maximum atomic E-state index is 5.12. The van der Waals surface area contributed by atoms with E-state index in [1.807, 2.05) is 18.2 Å². The fourth-order valence-corrected chi connectivity index (χ4v) is 3.16. The van der Waals surface area contributed by atoms with Gasteiger partial charge in [0.05, 0.1) is 19.7 Å². The summed E-state index contributed by atoms with van der Waals surface area (Å²) < 4.78 is 5.12. The van der Waals surface area contributed by atoms with E-state index in [1.165, 1.54) is 5.56 Å². The van der Waals surface area contributed by atoms with Crippen molar-refractivity contribution in [2.24, 2.45) is 4.99 Å². The van der Waals surface area contributed by atoms with Crippen molar-refractivity contribution in [3.8, 4) is 5.88 Å². The molecule has 0 bridgehead atoms. The number of nitrogens with one attached hydrogen (secondary N) is 1. The van der Waals surface area contributed by atoms with Crippen LogP contribution in [-0.4, -0.2) is 23.0 Å². The number of aliphatic imine (C=N–C) groups is 1. The number of benzene rings is 1. The Kier molecular flexibility index (Phi) is 4.40. The first-order valence-electron chi connectivity index (χ1n) is 6.83. The van der Waals surface area contributed by atoms with E-state index in [0.717, 1.165) is 16.5 Å². The maximum Gasteiger partial charge on any atom is 0.213 e. The standard InChI is InChI=1S/C16H17N3OS/c1-20-15-9-12(7-8-17-15)10-18-16-19-14(11-21-16)13-5-3-2-4-6-13/h2-9,14H,10-11H2,1H3,(H,18,19). The summed E-state index contributed by atoms with van der Waals surface area (Å²) in [6, 6.07) is 14.7. The lowest BCUT2D eigenvalue weighted by Gasteiger charge is -2.09. The van der Waals surface area contributed by atoms with Crippen molar-refractivity contribution in [3.05, 3.63) is 59.8 Å². The third-order valence-electron chi connectivity index (χ3n) is 3.30. The number of thioether (sulfide) groups is 1. The van der Waals surface area contributed by atoms with Gasteiger partial charge in [0.15, 0.2) is 5.17 Å². The van der Waals surface area contributed by atoms with Gasteiger partial charge in [0.1, 0.15) is 0 Å². The lowest BCUT2D eigenvalue weighted by molar-refractivity contribution is 0.397. The summed E-state index contributed by atoms with van der Waals surface area (Å²) in [4.78, 5) is 8.73. The quantitative estimate of drug-likeness (QED) is 0.942. The Morgan fingerprint density at radius 2 is 2.19 bits per heavy atom. The van der Waals surface area contributed by atoms with Gasteiger partial charge in [-0.25, -0.2) is 4.98 Å². The van der Waals surface area contributed by atoms with Crippen LogP contribution in [0.2, 0.25) is 0 Å². The Hall–Kier alpha value is -2.01. The van der Waals surface area contributed by atoms with Gasteiger partial charge in [0, 0.05) is 18.0 Å². The molecule has 0 aliphatic carbocycles. The first-order chi connectivity index (χ1) is 10.3. The van der Waals surface area contributed by atoms with E-state index in [9.17, 15) is 0 Å². The normalized spacial score (nSPS) is 19.5. The molecule has 1 aliphatic heterocycles. The molecule has 1 unspecified atom stereocenters. The van der Waals surface area contributed by atoms with E-state index >= 15 is 0 Å². The topological polar surface area (TPSA) is 46.5 Å². The van der Waals surface area contributed by atoms with E-state index in [2.05, 4.69) is 39.6 Å². The molecule has 108 valence electrons. The molecule has 0 radical (unpaired) electrons. The van der Waals surface area contributed by atoms with Gasteiger partial charge >= 0.3 is 0 Å². The van der Waals surface area contributed by atoms with E-state index in [4.69, 9.17) is 4.74 Å². The highest BCUT2D eigenvalue weighted by molar-refractivity contribution is 8.14. The Morgan fingerprint density at radius 1 is 1.33 bits per heavy atom. The minimum Gasteiger partial charge on any atom is -0.481 e. The van der Waals surface area contributed by atoms with Crippen LogP contribution in [0, 0.1) is 0 Å². The first-order valence-corrected chi connectivity index (χ1v) is 7.81. The molecule has 2 heterocycles. The van der Waals surface area contributed by atoms with Crippen LogP contribution in [0.25, 0.3) is 0 Å². The SMILES string of the molecule is COc1cc(CN=C2NC(c3ccccc3)CS2)ccn1. The summed E-state index contributed by atoms with van der Waals surface area (Å²) >= 11 is 1.77. The van der Waals surface area contributed by atoms with Crippen molar-refractivity contribution in [1.82, 2.24) is 10.3 Å². The molecule has 1 aromatic heterocycles. The molecule has 1 aromatic carbocycles. The van der Waals surface area contributed by atoms with Gasteiger partial charge in [-0.2, -0.15) is 0 Å². The smallest absolute Gasteiger partial charge is 0.213 e. The van der Waals surface area contributed by atoms with Crippen molar-refractivity contribution in [2.45, 2.75) is 12.6 Å². The van der Waals surface area contributed by atoms with Crippen molar-refractivity contribution < 1.29 is 4.74 Å². The molecule has 1 N–H and O–H groups in total. The summed E-state index contributed by atoms with van der Waals surface area (Å²) in [6.07, 6.45) is 1.75. The van der Waals surface area contributed by atoms with Crippen LogP contribution in [-0.2, 0) is 6.54 Å². The second-order valence-corrected chi connectivity index (χ2v) is 5.76. The average molecular weight is 299 g/mol. The van der Waals surface area contributed by atoms with Crippen LogP contribution < -0.4 is 10.1 Å². The molecule has 1 aliphatic rings. The van der Waals surface area contributed by atoms with Gasteiger partial charge in [-0.05, 0) is 17.2 Å². The molecular formula is C16H17N3OS. The molecule has 0 saturated carbocycles. The molecule has 21 heavy (non-hydrogen) atoms. The van der Waals surface area contributed by atoms with Gasteiger partial charge in [0.25, 0.3) is 0 Å². The molecule has 1 fully saturated rings. The van der Waals surface area contributed by atoms with E-state index in [0.29, 0.717) is 18.5 Å². The number of methoxy groups -OCH3 is 1. The zero-order chi connectivity index (χ0) is 14.5. The zero-order valence-electron chi connectivity index (χ0n) is 11.8. The fraction of sp³-hybridized carbons (Fsp3) is 0.250. The Labute approximate surface area is 128 Å². The number of aromatic nitrogens is 1. The molecule has 3 rings (SSSR count). The summed E-state index contributed by atoms with van der Waals surface area (Å²) in [6.45, 7) is 0.635. The monoisotopic (exact) mass is 299 g/mol. The van der Waals surface area contributed by atoms with Crippen LogP contribution in [0.3, 0.4) is 0 Å². The Morgan fingerprint density at radius 3 is 3.00 bits per heavy atom. The third-order valence-corrected chi connectivity index (χ3v) is 4.32. The molecule has 0 amide bonds. The highest BCUT2D eigenvalue weighted by Crippen LogP contribution is 2.26. The zero-order valence-corrected chi connectivity index (χ0v) is 12.6. The van der Waals surface area contributed by atoms with Gasteiger partial charge in [-0.3, -0.25) is 4.99 Å². The van der Waals surface area contributed by atoms with Crippen LogP contribution in [0.5, 0.6) is 5.88 Å². The van der Waals surface area contributed by atoms with Crippen LogP contribution in [0.15, 0.2) is 53.7 Å². The number of hydrogen-bond acceptors (Lipinski definition) is 4. The number of nitrogens with zero attached hydrogens (tertiary/aromatic N) is 2.